The van der Waals surface area contributed by atoms with Crippen LogP contribution in [0.2, 0.25) is 0 Å². The van der Waals surface area contributed by atoms with Gasteiger partial charge in [0.05, 0.1) is 52.9 Å². The first-order valence-electron chi connectivity index (χ1n) is 24.3. The number of hydrogen-bond acceptors (Lipinski definition) is 13. The maximum atomic E-state index is 11.1. The molecule has 1 saturated heterocycles. The van der Waals surface area contributed by atoms with Crippen molar-refractivity contribution in [2.24, 2.45) is 0 Å². The van der Waals surface area contributed by atoms with Gasteiger partial charge in [0.25, 0.3) is 0 Å². The van der Waals surface area contributed by atoms with Crippen molar-refractivity contribution in [3.8, 4) is 0 Å². The number of aliphatic hydroxyl groups excluding tert-OH is 5. The van der Waals surface area contributed by atoms with Crippen LogP contribution in [-0.4, -0.2) is 140 Å². The Hall–Kier alpha value is -1.30. The van der Waals surface area contributed by atoms with Crippen molar-refractivity contribution >= 4 is 0 Å². The topological polar surface area (TPSA) is 241 Å². The van der Waals surface area contributed by atoms with Gasteiger partial charge in [0.1, 0.15) is 24.4 Å². The zero-order valence-corrected chi connectivity index (χ0v) is 41.7. The van der Waals surface area contributed by atoms with Gasteiger partial charge in [-0.1, -0.05) is 34.9 Å². The molecule has 0 saturated carbocycles. The van der Waals surface area contributed by atoms with Crippen LogP contribution in [0.15, 0.2) is 34.9 Å². The lowest BCUT2D eigenvalue weighted by atomic mass is 9.83. The van der Waals surface area contributed by atoms with E-state index in [1.165, 1.54) is 5.57 Å². The molecule has 64 heavy (non-hydrogen) atoms. The van der Waals surface area contributed by atoms with Gasteiger partial charge < -0.3 is 65.6 Å². The summed E-state index contributed by atoms with van der Waals surface area (Å²) in [7, 11) is 0. The molecule has 0 aromatic heterocycles. The Labute approximate surface area is 387 Å². The van der Waals surface area contributed by atoms with Crippen LogP contribution < -0.4 is 0 Å². The number of ether oxygens (including phenoxy) is 2. The summed E-state index contributed by atoms with van der Waals surface area (Å²) >= 11 is 0. The van der Waals surface area contributed by atoms with E-state index in [4.69, 9.17) is 9.47 Å². The van der Waals surface area contributed by atoms with Crippen molar-refractivity contribution in [1.29, 1.82) is 0 Å². The van der Waals surface area contributed by atoms with Crippen LogP contribution in [0.3, 0.4) is 0 Å². The fourth-order valence-corrected chi connectivity index (χ4v) is 8.61. The number of allylic oxidation sites excluding steroid dienone is 5. The van der Waals surface area contributed by atoms with Gasteiger partial charge in [-0.05, 0) is 204 Å². The highest BCUT2D eigenvalue weighted by Gasteiger charge is 2.44. The van der Waals surface area contributed by atoms with E-state index in [1.54, 1.807) is 20.8 Å². The van der Waals surface area contributed by atoms with E-state index in [9.17, 15) is 56.2 Å². The van der Waals surface area contributed by atoms with Gasteiger partial charge >= 0.3 is 0 Å². The average molecular weight is 917 g/mol. The summed E-state index contributed by atoms with van der Waals surface area (Å²) in [5.41, 5.74) is -2.38. The van der Waals surface area contributed by atoms with Crippen molar-refractivity contribution in [3.05, 3.63) is 34.9 Å². The summed E-state index contributed by atoms with van der Waals surface area (Å²) in [5, 5.41) is 116. The smallest absolute Gasteiger partial charge is 0.187 e. The first kappa shape index (κ1) is 60.7. The average Bonchev–Trinajstić information content (AvgIpc) is 3.15. The Kier molecular flexibility index (Phi) is 26.8. The lowest BCUT2D eigenvalue weighted by molar-refractivity contribution is -0.298. The highest BCUT2D eigenvalue weighted by Crippen LogP contribution is 2.32. The lowest BCUT2D eigenvalue weighted by Gasteiger charge is -2.39. The third kappa shape index (κ3) is 26.3. The first-order valence-corrected chi connectivity index (χ1v) is 24.3. The molecule has 0 aromatic rings. The number of hydrogen-bond donors (Lipinski definition) is 11. The highest BCUT2D eigenvalue weighted by atomic mass is 16.7. The molecule has 1 aliphatic heterocycles. The van der Waals surface area contributed by atoms with Crippen molar-refractivity contribution in [3.63, 3.8) is 0 Å². The highest BCUT2D eigenvalue weighted by molar-refractivity contribution is 5.05. The molecular weight excluding hydrogens is 821 g/mol. The van der Waals surface area contributed by atoms with Crippen LogP contribution in [0.25, 0.3) is 0 Å². The minimum Gasteiger partial charge on any atom is -0.394 e. The van der Waals surface area contributed by atoms with E-state index in [-0.39, 0.29) is 6.61 Å². The Balaban J connectivity index is 2.34. The zero-order chi connectivity index (χ0) is 49.0. The molecule has 378 valence electrons. The Morgan fingerprint density at radius 1 is 0.531 bits per heavy atom. The molecule has 1 fully saturated rings. The third-order valence-corrected chi connectivity index (χ3v) is 13.5. The van der Waals surface area contributed by atoms with Crippen LogP contribution >= 0.6 is 0 Å². The second kappa shape index (κ2) is 28.3. The quantitative estimate of drug-likeness (QED) is 0.0301. The van der Waals surface area contributed by atoms with Crippen molar-refractivity contribution in [2.75, 3.05) is 13.2 Å². The molecule has 0 aliphatic carbocycles. The second-order valence-electron chi connectivity index (χ2n) is 21.7. The molecule has 11 N–H and O–H groups in total. The Morgan fingerprint density at radius 3 is 1.36 bits per heavy atom. The van der Waals surface area contributed by atoms with Gasteiger partial charge in [0, 0.05) is 0 Å². The van der Waals surface area contributed by atoms with Crippen LogP contribution in [0.4, 0.5) is 0 Å². The second-order valence-corrected chi connectivity index (χ2v) is 21.7. The summed E-state index contributed by atoms with van der Waals surface area (Å²) in [5.74, 6) is 0. The summed E-state index contributed by atoms with van der Waals surface area (Å²) < 4.78 is 10.9. The van der Waals surface area contributed by atoms with Crippen LogP contribution in [0.1, 0.15) is 204 Å². The van der Waals surface area contributed by atoms with E-state index in [0.717, 1.165) is 36.8 Å². The third-order valence-electron chi connectivity index (χ3n) is 13.5. The molecule has 0 spiro atoms. The monoisotopic (exact) mass is 917 g/mol. The van der Waals surface area contributed by atoms with E-state index >= 15 is 0 Å². The molecule has 0 aromatic carbocycles. The number of aliphatic hydroxyl groups is 11. The summed E-state index contributed by atoms with van der Waals surface area (Å²) in [4.78, 5) is 0. The summed E-state index contributed by atoms with van der Waals surface area (Å²) in [6.07, 6.45) is 11.0. The van der Waals surface area contributed by atoms with Gasteiger partial charge in [0.15, 0.2) is 6.29 Å². The van der Waals surface area contributed by atoms with Crippen LogP contribution in [0.5, 0.6) is 0 Å². The Morgan fingerprint density at radius 2 is 0.938 bits per heavy atom. The molecule has 12 atom stereocenters. The molecule has 1 rings (SSSR count). The van der Waals surface area contributed by atoms with Crippen molar-refractivity contribution in [2.45, 2.75) is 274 Å². The van der Waals surface area contributed by atoms with Gasteiger partial charge in [0.2, 0.25) is 0 Å². The van der Waals surface area contributed by atoms with Crippen molar-refractivity contribution in [1.82, 2.24) is 0 Å². The van der Waals surface area contributed by atoms with E-state index in [2.05, 4.69) is 26.0 Å². The predicted molar refractivity (Wildman–Crippen MR) is 253 cm³/mol. The lowest BCUT2D eigenvalue weighted by Crippen LogP contribution is -2.59. The minimum absolute atomic E-state index is 0.115. The predicted octanol–water partition coefficient (Wildman–Crippen LogP) is 6.72. The zero-order valence-electron chi connectivity index (χ0n) is 41.7. The molecule has 0 radical (unpaired) electrons. The van der Waals surface area contributed by atoms with Gasteiger partial charge in [-0.25, -0.2) is 0 Å². The molecular formula is C51H96O13. The van der Waals surface area contributed by atoms with E-state index in [1.807, 2.05) is 40.7 Å². The summed E-state index contributed by atoms with van der Waals surface area (Å²) in [6.45, 7) is 18.4. The van der Waals surface area contributed by atoms with Gasteiger partial charge in [-0.2, -0.15) is 0 Å². The fraction of sp³-hybridized carbons (Fsp3) is 0.882. The Bertz CT molecular complexity index is 1380. The number of rotatable bonds is 34. The van der Waals surface area contributed by atoms with Crippen LogP contribution in [0, 0.1) is 0 Å². The van der Waals surface area contributed by atoms with E-state index in [0.29, 0.717) is 109 Å². The molecule has 0 unspecified atom stereocenters. The SMILES string of the molecule is CC(C)=CCC[C@](C)(O)CCC[C@](C)(O)CCC[C@](C)(O)CCC[C@](C)(O)CCC[C@](C)(O)CCC[C@](C)(O)[C@@H](O)CC/C(C)=C/CC/C(C)=C/CO[C@@H]1O[C@H](CO)[C@@H](O)[C@H](O)[C@H]1O. The molecule has 0 amide bonds. The van der Waals surface area contributed by atoms with Gasteiger partial charge in [-0.3, -0.25) is 0 Å². The first-order chi connectivity index (χ1) is 29.4. The molecule has 0 bridgehead atoms. The van der Waals surface area contributed by atoms with Crippen molar-refractivity contribution < 1.29 is 65.6 Å². The summed E-state index contributed by atoms with van der Waals surface area (Å²) in [6, 6.07) is 0. The van der Waals surface area contributed by atoms with Gasteiger partial charge in [-0.15, -0.1) is 0 Å². The molecule has 13 nitrogen and oxygen atoms in total. The normalized spacial score (nSPS) is 26.2. The van der Waals surface area contributed by atoms with Crippen LogP contribution in [-0.2, 0) is 9.47 Å². The molecule has 1 aliphatic rings. The van der Waals surface area contributed by atoms with E-state index < -0.39 is 77.0 Å². The largest absolute Gasteiger partial charge is 0.394 e. The minimum atomic E-state index is -1.49. The molecule has 13 heteroatoms. The maximum absolute atomic E-state index is 11.1. The molecule has 1 heterocycles. The maximum Gasteiger partial charge on any atom is 0.187 e. The standard InChI is InChI=1S/C51H96O13/c1-37(2)18-12-24-46(5,57)25-13-26-47(6,58)27-14-28-48(7,59)29-15-30-49(8,60)31-16-32-50(9,61)33-17-34-51(10,62)41(53)22-21-38(3)19-11-20-39(4)23-35-63-45-44(56)43(55)42(54)40(36-52)64-45/h18-19,23,40-45,52-62H,11-17,20-22,24-36H2,1-10H3/b38-19+,39-23+/t40-,41+,42-,43+,44-,45-,46+,47+,48+,49+,50+,51+/m1/s1. The fourth-order valence-electron chi connectivity index (χ4n) is 8.61.